The molecule has 0 amide bonds. The van der Waals surface area contributed by atoms with Gasteiger partial charge in [0.15, 0.2) is 0 Å². The Kier molecular flexibility index (Phi) is 1.46. The standard InChI is InChI=1S/C8H16N2/c1-10-6-2-5-9-8(7-10)3-4-8/h9H,2-7H2,1H3. The van der Waals surface area contributed by atoms with Crippen molar-refractivity contribution in [3.05, 3.63) is 0 Å². The predicted molar refractivity (Wildman–Crippen MR) is 42.1 cm³/mol. The molecular weight excluding hydrogens is 124 g/mol. The summed E-state index contributed by atoms with van der Waals surface area (Å²) in [6.07, 6.45) is 4.12. The van der Waals surface area contributed by atoms with Crippen LogP contribution in [0.2, 0.25) is 0 Å². The van der Waals surface area contributed by atoms with Crippen LogP contribution in [-0.4, -0.2) is 37.1 Å². The minimum absolute atomic E-state index is 0.561. The lowest BCUT2D eigenvalue weighted by Gasteiger charge is -2.18. The maximum atomic E-state index is 3.62. The fourth-order valence-corrected chi connectivity index (χ4v) is 1.84. The van der Waals surface area contributed by atoms with Gasteiger partial charge < -0.3 is 10.2 Å². The van der Waals surface area contributed by atoms with Gasteiger partial charge in [-0.2, -0.15) is 0 Å². The van der Waals surface area contributed by atoms with Crippen molar-refractivity contribution in [2.75, 3.05) is 26.7 Å². The predicted octanol–water partition coefficient (Wildman–Crippen LogP) is 0.444. The molecule has 1 heterocycles. The maximum Gasteiger partial charge on any atom is 0.0310 e. The van der Waals surface area contributed by atoms with E-state index in [1.54, 1.807) is 0 Å². The summed E-state index contributed by atoms with van der Waals surface area (Å²) >= 11 is 0. The van der Waals surface area contributed by atoms with E-state index in [4.69, 9.17) is 0 Å². The van der Waals surface area contributed by atoms with Crippen molar-refractivity contribution in [3.8, 4) is 0 Å². The van der Waals surface area contributed by atoms with E-state index in [2.05, 4.69) is 17.3 Å². The van der Waals surface area contributed by atoms with Gasteiger partial charge in [-0.15, -0.1) is 0 Å². The monoisotopic (exact) mass is 140 g/mol. The number of rotatable bonds is 0. The Morgan fingerprint density at radius 2 is 2.20 bits per heavy atom. The molecule has 0 radical (unpaired) electrons. The van der Waals surface area contributed by atoms with E-state index >= 15 is 0 Å². The molecule has 1 spiro atoms. The highest BCUT2D eigenvalue weighted by Crippen LogP contribution is 2.36. The summed E-state index contributed by atoms with van der Waals surface area (Å²) in [5.74, 6) is 0. The largest absolute Gasteiger partial charge is 0.310 e. The molecule has 0 aromatic heterocycles. The number of hydrogen-bond donors (Lipinski definition) is 1. The summed E-state index contributed by atoms with van der Waals surface area (Å²) in [5, 5.41) is 3.62. The molecule has 1 aliphatic carbocycles. The van der Waals surface area contributed by atoms with Crippen LogP contribution in [0.3, 0.4) is 0 Å². The van der Waals surface area contributed by atoms with E-state index in [1.165, 1.54) is 38.9 Å². The highest BCUT2D eigenvalue weighted by molar-refractivity contribution is 5.04. The Morgan fingerprint density at radius 3 is 2.90 bits per heavy atom. The average molecular weight is 140 g/mol. The molecule has 1 saturated carbocycles. The quantitative estimate of drug-likeness (QED) is 0.525. The van der Waals surface area contributed by atoms with Crippen molar-refractivity contribution in [2.24, 2.45) is 0 Å². The summed E-state index contributed by atoms with van der Waals surface area (Å²) in [7, 11) is 2.23. The molecule has 0 atom stereocenters. The molecule has 1 aliphatic heterocycles. The number of nitrogens with one attached hydrogen (secondary N) is 1. The van der Waals surface area contributed by atoms with Crippen molar-refractivity contribution in [1.82, 2.24) is 10.2 Å². The highest BCUT2D eigenvalue weighted by Gasteiger charge is 2.43. The van der Waals surface area contributed by atoms with Gasteiger partial charge in [0.1, 0.15) is 0 Å². The van der Waals surface area contributed by atoms with Crippen LogP contribution in [-0.2, 0) is 0 Å². The number of hydrogen-bond acceptors (Lipinski definition) is 2. The molecule has 0 aromatic carbocycles. The van der Waals surface area contributed by atoms with Gasteiger partial charge in [0.2, 0.25) is 0 Å². The second-order valence-corrected chi connectivity index (χ2v) is 3.80. The maximum absolute atomic E-state index is 3.62. The Labute approximate surface area is 62.6 Å². The zero-order chi connectivity index (χ0) is 7.03. The second-order valence-electron chi connectivity index (χ2n) is 3.80. The first kappa shape index (κ1) is 6.62. The van der Waals surface area contributed by atoms with Gasteiger partial charge in [0.05, 0.1) is 0 Å². The first-order valence-electron chi connectivity index (χ1n) is 4.24. The topological polar surface area (TPSA) is 15.3 Å². The van der Waals surface area contributed by atoms with E-state index in [0.29, 0.717) is 5.54 Å². The summed E-state index contributed by atoms with van der Waals surface area (Å²) in [6.45, 7) is 3.77. The summed E-state index contributed by atoms with van der Waals surface area (Å²) in [5.41, 5.74) is 0.561. The van der Waals surface area contributed by atoms with Crippen LogP contribution in [0.1, 0.15) is 19.3 Å². The van der Waals surface area contributed by atoms with Crippen LogP contribution < -0.4 is 5.32 Å². The fraction of sp³-hybridized carbons (Fsp3) is 1.00. The smallest absolute Gasteiger partial charge is 0.0310 e. The first-order valence-corrected chi connectivity index (χ1v) is 4.24. The lowest BCUT2D eigenvalue weighted by atomic mass is 10.2. The third-order valence-corrected chi connectivity index (χ3v) is 2.64. The third kappa shape index (κ3) is 1.18. The van der Waals surface area contributed by atoms with Crippen molar-refractivity contribution in [2.45, 2.75) is 24.8 Å². The summed E-state index contributed by atoms with van der Waals surface area (Å²) in [4.78, 5) is 2.45. The molecule has 0 unspecified atom stereocenters. The summed E-state index contributed by atoms with van der Waals surface area (Å²) < 4.78 is 0. The van der Waals surface area contributed by atoms with Crippen molar-refractivity contribution < 1.29 is 0 Å². The molecule has 1 saturated heterocycles. The zero-order valence-corrected chi connectivity index (χ0v) is 6.69. The molecular formula is C8H16N2. The number of likely N-dealkylation sites (N-methyl/N-ethyl adjacent to an activating group) is 1. The normalized spacial score (nSPS) is 32.1. The second kappa shape index (κ2) is 2.21. The molecule has 10 heavy (non-hydrogen) atoms. The Bertz CT molecular complexity index is 129. The van der Waals surface area contributed by atoms with Crippen molar-refractivity contribution >= 4 is 0 Å². The van der Waals surface area contributed by atoms with Crippen LogP contribution in [0.25, 0.3) is 0 Å². The molecule has 2 rings (SSSR count). The first-order chi connectivity index (χ1) is 4.81. The molecule has 1 N–H and O–H groups in total. The van der Waals surface area contributed by atoms with Crippen LogP contribution >= 0.6 is 0 Å². The molecule has 0 bridgehead atoms. The Hall–Kier alpha value is -0.0800. The lowest BCUT2D eigenvalue weighted by molar-refractivity contribution is 0.315. The lowest BCUT2D eigenvalue weighted by Crippen LogP contribution is -2.38. The van der Waals surface area contributed by atoms with E-state index in [0.717, 1.165) is 0 Å². The van der Waals surface area contributed by atoms with Gasteiger partial charge in [-0.25, -0.2) is 0 Å². The molecule has 2 heteroatoms. The minimum Gasteiger partial charge on any atom is -0.310 e. The summed E-state index contributed by atoms with van der Waals surface area (Å²) in [6, 6.07) is 0. The average Bonchev–Trinajstić information content (AvgIpc) is 2.64. The molecule has 2 aliphatic rings. The van der Waals surface area contributed by atoms with Gasteiger partial charge in [-0.3, -0.25) is 0 Å². The Morgan fingerprint density at radius 1 is 1.40 bits per heavy atom. The fourth-order valence-electron chi connectivity index (χ4n) is 1.84. The van der Waals surface area contributed by atoms with Gasteiger partial charge in [-0.05, 0) is 39.4 Å². The highest BCUT2D eigenvalue weighted by atomic mass is 15.2. The Balaban J connectivity index is 1.96. The van der Waals surface area contributed by atoms with E-state index < -0.39 is 0 Å². The molecule has 58 valence electrons. The van der Waals surface area contributed by atoms with Crippen LogP contribution in [0.5, 0.6) is 0 Å². The zero-order valence-electron chi connectivity index (χ0n) is 6.69. The van der Waals surface area contributed by atoms with E-state index in [-0.39, 0.29) is 0 Å². The van der Waals surface area contributed by atoms with Gasteiger partial charge in [-0.1, -0.05) is 0 Å². The molecule has 2 fully saturated rings. The van der Waals surface area contributed by atoms with Crippen LogP contribution in [0.15, 0.2) is 0 Å². The third-order valence-electron chi connectivity index (χ3n) is 2.64. The van der Waals surface area contributed by atoms with Gasteiger partial charge >= 0.3 is 0 Å². The SMILES string of the molecule is CN1CCCNC2(CC2)C1. The van der Waals surface area contributed by atoms with Crippen LogP contribution in [0, 0.1) is 0 Å². The van der Waals surface area contributed by atoms with Gasteiger partial charge in [0.25, 0.3) is 0 Å². The van der Waals surface area contributed by atoms with E-state index in [1.807, 2.05) is 0 Å². The van der Waals surface area contributed by atoms with Crippen molar-refractivity contribution in [1.29, 1.82) is 0 Å². The van der Waals surface area contributed by atoms with E-state index in [9.17, 15) is 0 Å². The van der Waals surface area contributed by atoms with Crippen molar-refractivity contribution in [3.63, 3.8) is 0 Å². The van der Waals surface area contributed by atoms with Crippen LogP contribution in [0.4, 0.5) is 0 Å². The minimum atomic E-state index is 0.561. The molecule has 2 nitrogen and oxygen atoms in total. The van der Waals surface area contributed by atoms with Gasteiger partial charge in [0, 0.05) is 12.1 Å². The number of nitrogens with zero attached hydrogens (tertiary/aromatic N) is 1. The molecule has 0 aromatic rings.